The van der Waals surface area contributed by atoms with Crippen molar-refractivity contribution >= 4 is 11.9 Å². The van der Waals surface area contributed by atoms with E-state index in [2.05, 4.69) is 5.32 Å². The third kappa shape index (κ3) is 5.65. The van der Waals surface area contributed by atoms with Gasteiger partial charge in [-0.05, 0) is 26.7 Å². The second-order valence-electron chi connectivity index (χ2n) is 6.07. The maximum Gasteiger partial charge on any atom is 0.329 e. The summed E-state index contributed by atoms with van der Waals surface area (Å²) in [6.45, 7) is 9.95. The number of carbonyl (C=O) groups is 2. The molecule has 21 heavy (non-hydrogen) atoms. The molecule has 0 saturated carbocycles. The summed E-state index contributed by atoms with van der Waals surface area (Å²) in [5.41, 5.74) is -0.600. The average Bonchev–Trinajstić information content (AvgIpc) is 2.42. The molecule has 0 unspecified atom stereocenters. The van der Waals surface area contributed by atoms with Crippen molar-refractivity contribution in [2.45, 2.75) is 52.7 Å². The maximum atomic E-state index is 12.2. The van der Waals surface area contributed by atoms with Gasteiger partial charge >= 0.3 is 5.97 Å². The lowest BCUT2D eigenvalue weighted by molar-refractivity contribution is -0.160. The quantitative estimate of drug-likeness (QED) is 0.783. The number of hydrogen-bond donors (Lipinski definition) is 1. The van der Waals surface area contributed by atoms with E-state index in [1.165, 1.54) is 6.26 Å². The summed E-state index contributed by atoms with van der Waals surface area (Å²) < 4.78 is 15.6. The van der Waals surface area contributed by atoms with Gasteiger partial charge in [-0.15, -0.1) is 0 Å². The lowest BCUT2D eigenvalue weighted by atomic mass is 9.98. The van der Waals surface area contributed by atoms with Gasteiger partial charge in [0, 0.05) is 0 Å². The van der Waals surface area contributed by atoms with Gasteiger partial charge in [0.15, 0.2) is 0 Å². The highest BCUT2D eigenvalue weighted by Crippen LogP contribution is 2.16. The molecule has 6 heteroatoms. The van der Waals surface area contributed by atoms with Crippen LogP contribution in [0.4, 0.5) is 0 Å². The molecule has 1 rings (SSSR count). The molecule has 0 bridgehead atoms. The first-order chi connectivity index (χ1) is 9.74. The third-order valence-electron chi connectivity index (χ3n) is 3.03. The van der Waals surface area contributed by atoms with Crippen molar-refractivity contribution in [1.82, 2.24) is 5.32 Å². The Morgan fingerprint density at radius 3 is 2.52 bits per heavy atom. The second kappa shape index (κ2) is 7.33. The number of hydrogen-bond acceptors (Lipinski definition) is 5. The van der Waals surface area contributed by atoms with Crippen LogP contribution in [0.25, 0.3) is 0 Å². The van der Waals surface area contributed by atoms with Gasteiger partial charge < -0.3 is 19.5 Å². The third-order valence-corrected chi connectivity index (χ3v) is 3.03. The molecule has 1 N–H and O–H groups in total. The van der Waals surface area contributed by atoms with Crippen molar-refractivity contribution in [3.05, 3.63) is 12.0 Å². The normalized spacial score (nSPS) is 17.7. The molecule has 0 aromatic rings. The van der Waals surface area contributed by atoms with E-state index in [4.69, 9.17) is 14.2 Å². The molecular weight excluding hydrogens is 274 g/mol. The average molecular weight is 299 g/mol. The largest absolute Gasteiger partial charge is 0.494 e. The lowest BCUT2D eigenvalue weighted by Crippen LogP contribution is -2.48. The van der Waals surface area contributed by atoms with E-state index in [0.29, 0.717) is 13.2 Å². The summed E-state index contributed by atoms with van der Waals surface area (Å²) >= 11 is 0. The molecule has 0 saturated heterocycles. The number of esters is 1. The molecule has 1 heterocycles. The number of nitrogens with one attached hydrogen (secondary N) is 1. The minimum atomic E-state index is -0.715. The lowest BCUT2D eigenvalue weighted by Gasteiger charge is -2.28. The molecule has 1 aliphatic heterocycles. The Kier molecular flexibility index (Phi) is 6.05. The molecule has 0 spiro atoms. The van der Waals surface area contributed by atoms with E-state index in [-0.39, 0.29) is 11.7 Å². The van der Waals surface area contributed by atoms with Crippen LogP contribution in [-0.2, 0) is 23.8 Å². The van der Waals surface area contributed by atoms with Crippen molar-refractivity contribution < 1.29 is 23.8 Å². The van der Waals surface area contributed by atoms with Crippen molar-refractivity contribution in [2.75, 3.05) is 13.2 Å². The Morgan fingerprint density at radius 2 is 2.05 bits per heavy atom. The molecule has 1 amide bonds. The fraction of sp³-hybridized carbons (Fsp3) is 0.733. The maximum absolute atomic E-state index is 12.2. The highest BCUT2D eigenvalue weighted by atomic mass is 16.6. The zero-order valence-corrected chi connectivity index (χ0v) is 13.4. The molecule has 6 nitrogen and oxygen atoms in total. The second-order valence-corrected chi connectivity index (χ2v) is 6.07. The molecule has 0 fully saturated rings. The van der Waals surface area contributed by atoms with Gasteiger partial charge in [0.25, 0.3) is 5.91 Å². The molecular formula is C15H25NO5. The van der Waals surface area contributed by atoms with Crippen LogP contribution in [-0.4, -0.2) is 36.7 Å². The summed E-state index contributed by atoms with van der Waals surface area (Å²) in [4.78, 5) is 24.4. The molecule has 0 aromatic heterocycles. The topological polar surface area (TPSA) is 73.9 Å². The summed E-state index contributed by atoms with van der Waals surface area (Å²) in [5.74, 6) is -0.875. The first kappa shape index (κ1) is 17.3. The first-order valence-electron chi connectivity index (χ1n) is 7.23. The highest BCUT2D eigenvalue weighted by molar-refractivity contribution is 5.94. The fourth-order valence-electron chi connectivity index (χ4n) is 1.73. The van der Waals surface area contributed by atoms with Gasteiger partial charge in [-0.25, -0.2) is 4.79 Å². The Hall–Kier alpha value is -1.72. The van der Waals surface area contributed by atoms with Crippen LogP contribution in [0.15, 0.2) is 12.0 Å². The standard InChI is InChI=1S/C15H25NO5/c1-6-10(2)12(14(18)21-15(3,4)5)16-13(17)11-9-19-7-8-20-11/h9-10,12H,6-8H2,1-5H3,(H,16,17)/t10-,12-/m0/s1. The van der Waals surface area contributed by atoms with Crippen molar-refractivity contribution in [2.24, 2.45) is 5.92 Å². The van der Waals surface area contributed by atoms with Crippen LogP contribution in [0.5, 0.6) is 0 Å². The van der Waals surface area contributed by atoms with E-state index < -0.39 is 23.5 Å². The van der Waals surface area contributed by atoms with Gasteiger partial charge in [-0.2, -0.15) is 0 Å². The summed E-state index contributed by atoms with van der Waals surface area (Å²) in [7, 11) is 0. The van der Waals surface area contributed by atoms with E-state index >= 15 is 0 Å². The number of carbonyl (C=O) groups excluding carboxylic acids is 2. The predicted molar refractivity (Wildman–Crippen MR) is 77.2 cm³/mol. The predicted octanol–water partition coefficient (Wildman–Crippen LogP) is 1.75. The van der Waals surface area contributed by atoms with Crippen molar-refractivity contribution in [3.63, 3.8) is 0 Å². The minimum absolute atomic E-state index is 0.0473. The fourth-order valence-corrected chi connectivity index (χ4v) is 1.73. The van der Waals surface area contributed by atoms with Crippen LogP contribution >= 0.6 is 0 Å². The first-order valence-corrected chi connectivity index (χ1v) is 7.23. The molecule has 2 atom stereocenters. The Bertz CT molecular complexity index is 411. The van der Waals surface area contributed by atoms with Crippen LogP contribution in [0.1, 0.15) is 41.0 Å². The molecule has 0 radical (unpaired) electrons. The van der Waals surface area contributed by atoms with Gasteiger partial charge in [-0.1, -0.05) is 20.3 Å². The Morgan fingerprint density at radius 1 is 1.38 bits per heavy atom. The Balaban J connectivity index is 2.76. The smallest absolute Gasteiger partial charge is 0.329 e. The van der Waals surface area contributed by atoms with Crippen molar-refractivity contribution in [3.8, 4) is 0 Å². The van der Waals surface area contributed by atoms with Crippen LogP contribution in [0, 0.1) is 5.92 Å². The minimum Gasteiger partial charge on any atom is -0.494 e. The number of rotatable bonds is 5. The van der Waals surface area contributed by atoms with E-state index in [9.17, 15) is 9.59 Å². The van der Waals surface area contributed by atoms with Crippen molar-refractivity contribution in [1.29, 1.82) is 0 Å². The van der Waals surface area contributed by atoms with Gasteiger partial charge in [0.05, 0.1) is 0 Å². The van der Waals surface area contributed by atoms with E-state index in [1.807, 2.05) is 13.8 Å². The van der Waals surface area contributed by atoms with Crippen LogP contribution < -0.4 is 5.32 Å². The zero-order chi connectivity index (χ0) is 16.0. The van der Waals surface area contributed by atoms with Gasteiger partial charge in [0.2, 0.25) is 5.76 Å². The van der Waals surface area contributed by atoms with Gasteiger partial charge in [0.1, 0.15) is 31.1 Å². The van der Waals surface area contributed by atoms with E-state index in [1.54, 1.807) is 20.8 Å². The molecule has 1 aliphatic rings. The SMILES string of the molecule is CC[C@H](C)[C@H](NC(=O)C1=COCCO1)C(=O)OC(C)(C)C. The number of ether oxygens (including phenoxy) is 3. The van der Waals surface area contributed by atoms with Crippen LogP contribution in [0.3, 0.4) is 0 Å². The highest BCUT2D eigenvalue weighted by Gasteiger charge is 2.31. The zero-order valence-electron chi connectivity index (χ0n) is 13.4. The monoisotopic (exact) mass is 299 g/mol. The summed E-state index contributed by atoms with van der Waals surface area (Å²) in [6, 6.07) is -0.715. The van der Waals surface area contributed by atoms with Gasteiger partial charge in [-0.3, -0.25) is 4.79 Å². The Labute approximate surface area is 125 Å². The summed E-state index contributed by atoms with van der Waals surface area (Å²) in [6.07, 6.45) is 2.00. The van der Waals surface area contributed by atoms with Crippen LogP contribution in [0.2, 0.25) is 0 Å². The molecule has 120 valence electrons. The molecule has 0 aliphatic carbocycles. The van der Waals surface area contributed by atoms with E-state index in [0.717, 1.165) is 6.42 Å². The summed E-state index contributed by atoms with van der Waals surface area (Å²) in [5, 5.41) is 2.67. The molecule has 0 aromatic carbocycles. The number of amides is 1.